The van der Waals surface area contributed by atoms with Crippen LogP contribution in [0.5, 0.6) is 0 Å². The summed E-state index contributed by atoms with van der Waals surface area (Å²) >= 11 is 4.83. The lowest BCUT2D eigenvalue weighted by Gasteiger charge is -1.77. The molecule has 0 aliphatic heterocycles. The number of ether oxygens (including phenoxy) is 1. The van der Waals surface area contributed by atoms with Gasteiger partial charge in [0.15, 0.2) is 0 Å². The van der Waals surface area contributed by atoms with Gasteiger partial charge in [-0.15, -0.1) is 0 Å². The largest absolute Gasteiger partial charge is 0.388 e. The van der Waals surface area contributed by atoms with Crippen molar-refractivity contribution < 1.29 is 9.84 Å². The first kappa shape index (κ1) is 10.2. The van der Waals surface area contributed by atoms with E-state index < -0.39 is 5.56 Å². The van der Waals surface area contributed by atoms with E-state index in [1.165, 1.54) is 6.92 Å². The van der Waals surface area contributed by atoms with Gasteiger partial charge in [0.05, 0.1) is 0 Å². The van der Waals surface area contributed by atoms with Gasteiger partial charge < -0.3 is 9.84 Å². The lowest BCUT2D eigenvalue weighted by atomic mass is 10.9. The van der Waals surface area contributed by atoms with E-state index >= 15 is 0 Å². The van der Waals surface area contributed by atoms with Crippen molar-refractivity contribution in [3.8, 4) is 0 Å². The zero-order valence-corrected chi connectivity index (χ0v) is 5.57. The third-order valence-electron chi connectivity index (χ3n) is 0. The van der Waals surface area contributed by atoms with E-state index in [0.29, 0.717) is 0 Å². The minimum atomic E-state index is -0.694. The van der Waals surface area contributed by atoms with Gasteiger partial charge in [-0.05, 0) is 6.92 Å². The van der Waals surface area contributed by atoms with Crippen molar-refractivity contribution in [1.82, 2.24) is 0 Å². The number of hydrogen-bond donors (Lipinski definition) is 1. The lowest BCUT2D eigenvalue weighted by Crippen LogP contribution is -1.79. The van der Waals surface area contributed by atoms with E-state index in [4.69, 9.17) is 16.7 Å². The molecule has 0 saturated heterocycles. The van der Waals surface area contributed by atoms with Crippen LogP contribution in [0, 0.1) is 0 Å². The Bertz CT molecular complexity index is 20.9. The predicted molar refractivity (Wildman–Crippen MR) is 30.5 cm³/mol. The number of aliphatic hydroxyl groups excluding tert-OH is 1. The highest BCUT2D eigenvalue weighted by molar-refractivity contribution is 6.19. The zero-order chi connectivity index (χ0) is 6.28. The van der Waals surface area contributed by atoms with E-state index in [1.54, 1.807) is 14.2 Å². The maximum absolute atomic E-state index is 7.82. The van der Waals surface area contributed by atoms with Crippen LogP contribution in [0.4, 0.5) is 0 Å². The molecule has 0 aliphatic carbocycles. The molecule has 1 N–H and O–H groups in total. The summed E-state index contributed by atoms with van der Waals surface area (Å²) < 4.78 is 4.25. The molecule has 0 aromatic heterocycles. The average molecular weight is 127 g/mol. The van der Waals surface area contributed by atoms with Crippen LogP contribution in [0.15, 0.2) is 0 Å². The van der Waals surface area contributed by atoms with E-state index in [0.717, 1.165) is 0 Å². The Balaban J connectivity index is 0. The molecule has 0 aromatic carbocycles. The molecule has 0 aliphatic rings. The van der Waals surface area contributed by atoms with Crippen LogP contribution in [-0.2, 0) is 4.74 Å². The second-order valence-electron chi connectivity index (χ2n) is 0.982. The van der Waals surface area contributed by atoms with Crippen molar-refractivity contribution in [2.24, 2.45) is 0 Å². The lowest BCUT2D eigenvalue weighted by molar-refractivity contribution is 0.277. The fourth-order valence-corrected chi connectivity index (χ4v) is 0. The fourth-order valence-electron chi connectivity index (χ4n) is 0. The summed E-state index contributed by atoms with van der Waals surface area (Å²) in [7, 11) is 3.25. The molecule has 0 radical (unpaired) electrons. The minimum absolute atomic E-state index is 0.694. The van der Waals surface area contributed by atoms with Crippen LogP contribution in [0.25, 0.3) is 0 Å². The topological polar surface area (TPSA) is 29.5 Å². The van der Waals surface area contributed by atoms with Gasteiger partial charge in [-0.1, -0.05) is 11.6 Å². The Labute approximate surface area is 49.1 Å². The molecule has 46 valence electrons. The van der Waals surface area contributed by atoms with Crippen molar-refractivity contribution in [3.63, 3.8) is 0 Å². The number of methoxy groups -OCH3 is 1. The van der Waals surface area contributed by atoms with Gasteiger partial charge in [-0.3, -0.25) is 0 Å². The molecule has 0 rings (SSSR count). The van der Waals surface area contributed by atoms with Crippen molar-refractivity contribution >= 4 is 11.6 Å². The van der Waals surface area contributed by atoms with Gasteiger partial charge in [-0.2, -0.15) is 0 Å². The first-order valence-electron chi connectivity index (χ1n) is 1.87. The Morgan fingerprint density at radius 2 is 1.57 bits per heavy atom. The van der Waals surface area contributed by atoms with Crippen LogP contribution >= 0.6 is 11.6 Å². The first-order valence-corrected chi connectivity index (χ1v) is 2.31. The Kier molecular flexibility index (Phi) is 13.9. The van der Waals surface area contributed by atoms with Crippen molar-refractivity contribution in [1.29, 1.82) is 0 Å². The third-order valence-corrected chi connectivity index (χ3v) is 0. The molecule has 7 heavy (non-hydrogen) atoms. The highest BCUT2D eigenvalue weighted by Crippen LogP contribution is 1.79. The van der Waals surface area contributed by atoms with Gasteiger partial charge in [0.1, 0.15) is 5.56 Å². The number of rotatable bonds is 0. The number of aliphatic hydroxyl groups is 1. The second kappa shape index (κ2) is 9.51. The quantitative estimate of drug-likeness (QED) is 0.487. The summed E-state index contributed by atoms with van der Waals surface area (Å²) in [6.07, 6.45) is 0. The molecule has 3 heteroatoms. The van der Waals surface area contributed by atoms with E-state index in [-0.39, 0.29) is 0 Å². The molecule has 0 saturated carbocycles. The molecule has 0 aromatic rings. The fraction of sp³-hybridized carbons (Fsp3) is 1.00. The Morgan fingerprint density at radius 3 is 1.57 bits per heavy atom. The smallest absolute Gasteiger partial charge is 0.125 e. The maximum Gasteiger partial charge on any atom is 0.125 e. The van der Waals surface area contributed by atoms with Crippen LogP contribution in [0.3, 0.4) is 0 Å². The van der Waals surface area contributed by atoms with Crippen LogP contribution in [-0.4, -0.2) is 24.9 Å². The molecule has 0 amide bonds. The molecule has 1 atom stereocenters. The summed E-state index contributed by atoms with van der Waals surface area (Å²) in [5.74, 6) is 0. The molecule has 0 bridgehead atoms. The maximum atomic E-state index is 7.82. The summed E-state index contributed by atoms with van der Waals surface area (Å²) in [5, 5.41) is 7.82. The molecule has 0 fully saturated rings. The van der Waals surface area contributed by atoms with Crippen LogP contribution in [0.2, 0.25) is 0 Å². The van der Waals surface area contributed by atoms with E-state index in [2.05, 4.69) is 4.74 Å². The normalized spacial score (nSPS) is 11.6. The van der Waals surface area contributed by atoms with Gasteiger partial charge in [0.2, 0.25) is 0 Å². The number of halogens is 1. The van der Waals surface area contributed by atoms with E-state index in [1.807, 2.05) is 0 Å². The first-order chi connectivity index (χ1) is 3.15. The average Bonchev–Trinajstić information content (AvgIpc) is 1.33. The molecular weight excluding hydrogens is 115 g/mol. The van der Waals surface area contributed by atoms with Gasteiger partial charge >= 0.3 is 0 Å². The van der Waals surface area contributed by atoms with Gasteiger partial charge in [0.25, 0.3) is 0 Å². The van der Waals surface area contributed by atoms with Crippen molar-refractivity contribution in [2.75, 3.05) is 14.2 Å². The number of hydrogen-bond acceptors (Lipinski definition) is 2. The highest BCUT2D eigenvalue weighted by atomic mass is 35.5. The standard InChI is InChI=1S/C2H5ClO.C2H6O/c1-2(3)4;1-3-2/h2,4H,1H3;1-2H3. The number of alkyl halides is 1. The molecule has 0 heterocycles. The molecule has 1 unspecified atom stereocenters. The van der Waals surface area contributed by atoms with Gasteiger partial charge in [0, 0.05) is 14.2 Å². The Morgan fingerprint density at radius 1 is 1.57 bits per heavy atom. The highest BCUT2D eigenvalue weighted by Gasteiger charge is 1.72. The summed E-state index contributed by atoms with van der Waals surface area (Å²) in [6.45, 7) is 1.49. The molecule has 2 nitrogen and oxygen atoms in total. The Hall–Kier alpha value is 0.210. The minimum Gasteiger partial charge on any atom is -0.388 e. The van der Waals surface area contributed by atoms with Crippen molar-refractivity contribution in [3.05, 3.63) is 0 Å². The summed E-state index contributed by atoms with van der Waals surface area (Å²) in [4.78, 5) is 0. The summed E-state index contributed by atoms with van der Waals surface area (Å²) in [6, 6.07) is 0. The predicted octanol–water partition coefficient (Wildman–Crippen LogP) is 0.826. The van der Waals surface area contributed by atoms with Crippen molar-refractivity contribution in [2.45, 2.75) is 12.5 Å². The van der Waals surface area contributed by atoms with Crippen LogP contribution in [0.1, 0.15) is 6.92 Å². The van der Waals surface area contributed by atoms with E-state index in [9.17, 15) is 0 Å². The molecule has 0 spiro atoms. The third kappa shape index (κ3) is 2500. The molecular formula is C4H11ClO2. The van der Waals surface area contributed by atoms with Crippen LogP contribution < -0.4 is 0 Å². The SMILES string of the molecule is CC(O)Cl.COC. The summed E-state index contributed by atoms with van der Waals surface area (Å²) in [5.41, 5.74) is -0.694. The monoisotopic (exact) mass is 126 g/mol. The zero-order valence-electron chi connectivity index (χ0n) is 4.81. The van der Waals surface area contributed by atoms with Gasteiger partial charge in [-0.25, -0.2) is 0 Å². The second-order valence-corrected chi connectivity index (χ2v) is 1.61.